The fraction of sp³-hybridized carbons (Fsp3) is 0.136. The number of nitrogens with one attached hydrogen (secondary N) is 1. The second-order valence-corrected chi connectivity index (χ2v) is 9.32. The Kier molecular flexibility index (Phi) is 6.80. The highest BCUT2D eigenvalue weighted by Gasteiger charge is 2.30. The zero-order chi connectivity index (χ0) is 23.5. The molecule has 0 saturated carbocycles. The molecule has 5 nitrogen and oxygen atoms in total. The number of alkyl halides is 3. The predicted octanol–water partition coefficient (Wildman–Crippen LogP) is 5.58. The van der Waals surface area contributed by atoms with Gasteiger partial charge in [-0.05, 0) is 60.2 Å². The first-order chi connectivity index (χ1) is 14.9. The topological polar surface area (TPSA) is 66.5 Å². The number of sulfonamides is 1. The highest BCUT2D eigenvalue weighted by Crippen LogP contribution is 2.31. The third-order valence-corrected chi connectivity index (χ3v) is 5.90. The molecule has 0 aliphatic carbocycles. The lowest BCUT2D eigenvalue weighted by molar-refractivity contribution is -0.137. The molecule has 0 saturated heterocycles. The maximum Gasteiger partial charge on any atom is 0.416 e. The molecule has 3 rings (SSSR count). The third kappa shape index (κ3) is 6.02. The molecule has 0 bridgehead atoms. The number of nitrogens with zero attached hydrogens (tertiary/aromatic N) is 1. The van der Waals surface area contributed by atoms with Gasteiger partial charge in [0.05, 0.1) is 24.1 Å². The van der Waals surface area contributed by atoms with Gasteiger partial charge in [0.15, 0.2) is 0 Å². The Hall–Kier alpha value is -3.04. The minimum atomic E-state index is -4.53. The fourth-order valence-electron chi connectivity index (χ4n) is 2.91. The quantitative estimate of drug-likeness (QED) is 0.499. The van der Waals surface area contributed by atoms with Crippen LogP contribution in [-0.4, -0.2) is 20.6 Å². The highest BCUT2D eigenvalue weighted by molar-refractivity contribution is 7.92. The van der Waals surface area contributed by atoms with Crippen molar-refractivity contribution in [2.24, 2.45) is 0 Å². The van der Waals surface area contributed by atoms with Crippen molar-refractivity contribution in [3.05, 3.63) is 94.5 Å². The molecule has 32 heavy (non-hydrogen) atoms. The van der Waals surface area contributed by atoms with E-state index >= 15 is 0 Å². The van der Waals surface area contributed by atoms with Crippen LogP contribution in [0.15, 0.2) is 72.8 Å². The second kappa shape index (κ2) is 9.22. The minimum Gasteiger partial charge on any atom is -0.322 e. The lowest BCUT2D eigenvalue weighted by Gasteiger charge is -2.23. The molecule has 0 fully saturated rings. The maximum atomic E-state index is 12.8. The van der Waals surface area contributed by atoms with Crippen LogP contribution in [0.1, 0.15) is 21.5 Å². The first-order valence-electron chi connectivity index (χ1n) is 9.24. The minimum absolute atomic E-state index is 0.00518. The number of amides is 1. The van der Waals surface area contributed by atoms with Crippen LogP contribution < -0.4 is 9.62 Å². The molecule has 0 spiro atoms. The van der Waals surface area contributed by atoms with Crippen LogP contribution in [0, 0.1) is 0 Å². The molecular weight excluding hydrogens is 465 g/mol. The van der Waals surface area contributed by atoms with E-state index in [0.717, 1.165) is 18.4 Å². The molecule has 3 aromatic rings. The average molecular weight is 483 g/mol. The van der Waals surface area contributed by atoms with Crippen LogP contribution in [0.3, 0.4) is 0 Å². The molecule has 0 atom stereocenters. The van der Waals surface area contributed by atoms with E-state index in [9.17, 15) is 26.4 Å². The zero-order valence-corrected chi connectivity index (χ0v) is 18.3. The summed E-state index contributed by atoms with van der Waals surface area (Å²) in [5.74, 6) is -0.625. The number of anilines is 2. The summed E-state index contributed by atoms with van der Waals surface area (Å²) in [6.45, 7) is 0.0613. The van der Waals surface area contributed by atoms with Crippen LogP contribution in [-0.2, 0) is 22.7 Å². The van der Waals surface area contributed by atoms with Gasteiger partial charge in [-0.3, -0.25) is 9.10 Å². The molecule has 1 amide bonds. The van der Waals surface area contributed by atoms with Crippen LogP contribution in [0.4, 0.5) is 24.5 Å². The van der Waals surface area contributed by atoms with Crippen molar-refractivity contribution in [1.82, 2.24) is 0 Å². The first-order valence-corrected chi connectivity index (χ1v) is 11.5. The molecule has 1 N–H and O–H groups in total. The van der Waals surface area contributed by atoms with Gasteiger partial charge in [0.25, 0.3) is 5.91 Å². The predicted molar refractivity (Wildman–Crippen MR) is 118 cm³/mol. The van der Waals surface area contributed by atoms with Gasteiger partial charge in [0.1, 0.15) is 0 Å². The van der Waals surface area contributed by atoms with Crippen molar-refractivity contribution >= 4 is 38.9 Å². The van der Waals surface area contributed by atoms with E-state index in [1.165, 1.54) is 40.7 Å². The average Bonchev–Trinajstić information content (AvgIpc) is 2.72. The Labute approximate surface area is 188 Å². The van der Waals surface area contributed by atoms with Crippen molar-refractivity contribution in [3.8, 4) is 0 Å². The van der Waals surface area contributed by atoms with Crippen molar-refractivity contribution in [3.63, 3.8) is 0 Å². The Morgan fingerprint density at radius 2 is 1.62 bits per heavy atom. The Bertz CT molecular complexity index is 1210. The normalized spacial score (nSPS) is 11.8. The standard InChI is InChI=1S/C22H18ClF3N2O3S/c1-32(30,31)28(14-15-5-9-18(23)10-6-15)20-11-7-16(8-12-20)21(29)27-19-4-2-3-17(13-19)22(24,25)26/h2-13H,14H2,1H3,(H,27,29). The van der Waals surface area contributed by atoms with Crippen molar-refractivity contribution < 1.29 is 26.4 Å². The van der Waals surface area contributed by atoms with E-state index in [4.69, 9.17) is 11.6 Å². The SMILES string of the molecule is CS(=O)(=O)N(Cc1ccc(Cl)cc1)c1ccc(C(=O)Nc2cccc(C(F)(F)F)c2)cc1. The third-order valence-electron chi connectivity index (χ3n) is 4.51. The number of hydrogen-bond donors (Lipinski definition) is 1. The van der Waals surface area contributed by atoms with E-state index in [-0.39, 0.29) is 17.8 Å². The van der Waals surface area contributed by atoms with Gasteiger partial charge in [-0.2, -0.15) is 13.2 Å². The summed E-state index contributed by atoms with van der Waals surface area (Å²) >= 11 is 5.87. The molecule has 0 aliphatic heterocycles. The number of rotatable bonds is 6. The highest BCUT2D eigenvalue weighted by atomic mass is 35.5. The molecule has 3 aromatic carbocycles. The molecule has 0 aromatic heterocycles. The van der Waals surface area contributed by atoms with Gasteiger partial charge in [-0.15, -0.1) is 0 Å². The Morgan fingerprint density at radius 3 is 2.19 bits per heavy atom. The van der Waals surface area contributed by atoms with Crippen LogP contribution in [0.25, 0.3) is 0 Å². The van der Waals surface area contributed by atoms with Gasteiger partial charge < -0.3 is 5.32 Å². The number of carbonyl (C=O) groups excluding carboxylic acids is 1. The molecular formula is C22H18ClF3N2O3S. The maximum absolute atomic E-state index is 12.8. The molecule has 0 unspecified atom stereocenters. The van der Waals surface area contributed by atoms with Crippen LogP contribution in [0.5, 0.6) is 0 Å². The summed E-state index contributed by atoms with van der Waals surface area (Å²) in [6.07, 6.45) is -3.46. The molecule has 10 heteroatoms. The molecule has 0 heterocycles. The van der Waals surface area contributed by atoms with E-state index < -0.39 is 27.7 Å². The lowest BCUT2D eigenvalue weighted by Crippen LogP contribution is -2.29. The summed E-state index contributed by atoms with van der Waals surface area (Å²) in [5.41, 5.74) is 0.321. The smallest absolute Gasteiger partial charge is 0.322 e. The summed E-state index contributed by atoms with van der Waals surface area (Å²) in [7, 11) is -3.63. The molecule has 168 valence electrons. The van der Waals surface area contributed by atoms with Gasteiger partial charge in [-0.1, -0.05) is 29.8 Å². The number of carbonyl (C=O) groups is 1. The number of halogens is 4. The van der Waals surface area contributed by atoms with E-state index in [1.54, 1.807) is 24.3 Å². The fourth-order valence-corrected chi connectivity index (χ4v) is 3.93. The molecule has 0 radical (unpaired) electrons. The first kappa shape index (κ1) is 23.6. The van der Waals surface area contributed by atoms with Crippen molar-refractivity contribution in [2.45, 2.75) is 12.7 Å². The Balaban J connectivity index is 1.79. The van der Waals surface area contributed by atoms with Crippen molar-refractivity contribution in [2.75, 3.05) is 15.9 Å². The van der Waals surface area contributed by atoms with Crippen molar-refractivity contribution in [1.29, 1.82) is 0 Å². The Morgan fingerprint density at radius 1 is 1.00 bits per heavy atom. The number of hydrogen-bond acceptors (Lipinski definition) is 3. The second-order valence-electron chi connectivity index (χ2n) is 6.98. The van der Waals surface area contributed by atoms with Gasteiger partial charge in [-0.25, -0.2) is 8.42 Å². The number of benzene rings is 3. The summed E-state index contributed by atoms with van der Waals surface area (Å²) in [6, 6.07) is 16.7. The summed E-state index contributed by atoms with van der Waals surface area (Å²) in [4.78, 5) is 12.4. The summed E-state index contributed by atoms with van der Waals surface area (Å²) < 4.78 is 64.3. The van der Waals surface area contributed by atoms with Crippen LogP contribution >= 0.6 is 11.6 Å². The van der Waals surface area contributed by atoms with Gasteiger partial charge in [0, 0.05) is 16.3 Å². The van der Waals surface area contributed by atoms with Gasteiger partial charge >= 0.3 is 6.18 Å². The molecule has 0 aliphatic rings. The van der Waals surface area contributed by atoms with Gasteiger partial charge in [0.2, 0.25) is 10.0 Å². The van der Waals surface area contributed by atoms with E-state index in [0.29, 0.717) is 16.3 Å². The summed E-state index contributed by atoms with van der Waals surface area (Å²) in [5, 5.41) is 2.94. The lowest BCUT2D eigenvalue weighted by atomic mass is 10.1. The monoisotopic (exact) mass is 482 g/mol. The van der Waals surface area contributed by atoms with Crippen LogP contribution in [0.2, 0.25) is 5.02 Å². The van der Waals surface area contributed by atoms with E-state index in [1.807, 2.05) is 0 Å². The largest absolute Gasteiger partial charge is 0.416 e. The van der Waals surface area contributed by atoms with E-state index in [2.05, 4.69) is 5.32 Å². The zero-order valence-electron chi connectivity index (χ0n) is 16.7.